The zero-order valence-electron chi connectivity index (χ0n) is 71.9. The van der Waals surface area contributed by atoms with Crippen LogP contribution in [0, 0.1) is 35.0 Å². The van der Waals surface area contributed by atoms with Crippen molar-refractivity contribution in [1.29, 1.82) is 5.26 Å². The van der Waals surface area contributed by atoms with E-state index in [4.69, 9.17) is 14.7 Å². The molecule has 3 saturated carbocycles. The molecule has 139 heavy (non-hydrogen) atoms. The predicted octanol–water partition coefficient (Wildman–Crippen LogP) is 12.5. The molecule has 0 aliphatic heterocycles. The molecule has 3 aliphatic carbocycles. The van der Waals surface area contributed by atoms with Crippen LogP contribution < -0.4 is 0 Å². The fraction of sp³-hybridized carbons (Fsp3) is 0.646. The first-order valence-corrected chi connectivity index (χ1v) is 52.7. The highest BCUT2D eigenvalue weighted by Gasteiger charge is 2.74. The van der Waals surface area contributed by atoms with Gasteiger partial charge in [0.15, 0.2) is 13.2 Å². The second-order valence-corrected chi connectivity index (χ2v) is 41.4. The molecule has 0 heterocycles. The van der Waals surface area contributed by atoms with E-state index >= 15 is 0 Å². The lowest BCUT2D eigenvalue weighted by Crippen LogP contribution is -2.57. The Kier molecular flexibility index (Phi) is 66.0. The average molecular weight is 2300 g/mol. The summed E-state index contributed by atoms with van der Waals surface area (Å²) in [4.78, 5) is 0. The lowest BCUT2D eigenvalue weighted by molar-refractivity contribution is -0.564. The molecule has 820 valence electrons. The van der Waals surface area contributed by atoms with Crippen LogP contribution in [0.2, 0.25) is 0 Å². The quantitative estimate of drug-likeness (QED) is 0.0310. The Morgan fingerprint density at radius 3 is 0.691 bits per heavy atom. The van der Waals surface area contributed by atoms with E-state index < -0.39 is 199 Å². The van der Waals surface area contributed by atoms with Crippen LogP contribution in [0.1, 0.15) is 84.5 Å². The van der Waals surface area contributed by atoms with Gasteiger partial charge in [0.2, 0.25) is 0 Å². The Bertz CT molecular complexity index is 5020. The molecule has 0 radical (unpaired) electrons. The van der Waals surface area contributed by atoms with E-state index in [0.29, 0.717) is 39.9 Å². The van der Waals surface area contributed by atoms with E-state index in [2.05, 4.69) is 128 Å². The fourth-order valence-corrected chi connectivity index (χ4v) is 13.1. The first-order valence-electron chi connectivity index (χ1n) is 36.5. The normalized spacial score (nSPS) is 16.3. The van der Waals surface area contributed by atoms with E-state index in [1.807, 2.05) is 0 Å². The van der Waals surface area contributed by atoms with Crippen LogP contribution in [0.15, 0.2) is 132 Å². The highest BCUT2D eigenvalue weighted by Crippen LogP contribution is 2.59. The van der Waals surface area contributed by atoms with E-state index in [1.165, 1.54) is 28.4 Å². The first kappa shape index (κ1) is 143. The Morgan fingerprint density at radius 2 is 0.468 bits per heavy atom. The summed E-state index contributed by atoms with van der Waals surface area (Å²) in [6.45, 7) is 30.4. The van der Waals surface area contributed by atoms with Crippen molar-refractivity contribution in [2.45, 2.75) is 146 Å². The van der Waals surface area contributed by atoms with Crippen LogP contribution >= 0.6 is 0 Å². The molecule has 0 N–H and O–H groups in total. The molecule has 4 atom stereocenters. The molecule has 0 saturated heterocycles. The third-order valence-corrected chi connectivity index (χ3v) is 24.1. The van der Waals surface area contributed by atoms with Gasteiger partial charge in [-0.1, -0.05) is 91.6 Å². The van der Waals surface area contributed by atoms with Crippen molar-refractivity contribution in [3.8, 4) is 6.07 Å². The highest BCUT2D eigenvalue weighted by atomic mass is 32.3. The van der Waals surface area contributed by atoms with Crippen molar-refractivity contribution < 1.29 is 268 Å². The van der Waals surface area contributed by atoms with Crippen LogP contribution in [0.25, 0.3) is 0 Å². The van der Waals surface area contributed by atoms with E-state index in [1.54, 1.807) is 67.9 Å². The lowest BCUT2D eigenvalue weighted by atomic mass is 9.82. The van der Waals surface area contributed by atoms with Gasteiger partial charge in [0.1, 0.15) is 0 Å². The summed E-state index contributed by atoms with van der Waals surface area (Å²) >= 11 is 0. The number of alkyl halides is 22. The second kappa shape index (κ2) is 64.0. The Balaban J connectivity index is -0.000000368. The van der Waals surface area contributed by atoms with E-state index in [-0.39, 0.29) is 89.9 Å². The number of nitrogens with zero attached hydrogens (tertiary/aromatic N) is 1. The van der Waals surface area contributed by atoms with Gasteiger partial charge in [0.05, 0.1) is 158 Å². The minimum Gasteiger partial charge on any atom is -0.377 e. The maximum Gasteiger partial charge on any atom is 0.527 e. The molecule has 3 rings (SSSR count). The zero-order valence-corrected chi connectivity index (χ0v) is 80.9. The molecule has 4 unspecified atom stereocenters. The zero-order chi connectivity index (χ0) is 110. The average Bonchev–Trinajstić information content (AvgIpc) is 1.69. The molecule has 3 fully saturated rings. The van der Waals surface area contributed by atoms with Crippen molar-refractivity contribution in [2.24, 2.45) is 23.7 Å². The molecule has 0 aromatic carbocycles. The van der Waals surface area contributed by atoms with E-state index in [9.17, 15) is 189 Å². The Morgan fingerprint density at radius 1 is 0.266 bits per heavy atom. The minimum atomic E-state index is -7.17. The summed E-state index contributed by atoms with van der Waals surface area (Å²) in [6, 6.07) is 1.74. The molecule has 41 nitrogen and oxygen atoms in total. The van der Waals surface area contributed by atoms with E-state index in [0.717, 1.165) is 34.5 Å². The Labute approximate surface area is 787 Å². The summed E-state index contributed by atoms with van der Waals surface area (Å²) in [6.07, 6.45) is -53.1. The number of unbranched alkanes of at least 4 members (excludes halogenated alkanes) is 3. The largest absolute Gasteiger partial charge is 0.527 e. The van der Waals surface area contributed by atoms with Gasteiger partial charge in [-0.05, 0) is 82.5 Å². The van der Waals surface area contributed by atoms with Gasteiger partial charge in [-0.3, -0.25) is 46.0 Å². The van der Waals surface area contributed by atoms with Crippen LogP contribution in [-0.2, 0) is 190 Å². The van der Waals surface area contributed by atoms with Gasteiger partial charge in [-0.2, -0.15) is 168 Å². The van der Waals surface area contributed by atoms with Gasteiger partial charge < -0.3 is 9.47 Å². The summed E-state index contributed by atoms with van der Waals surface area (Å²) in [5, 5.41) is 14.1. The number of hydrogen-bond donors (Lipinski definition) is 0. The van der Waals surface area contributed by atoms with Crippen molar-refractivity contribution in [3.05, 3.63) is 132 Å². The molecule has 0 amide bonds. The first-order chi connectivity index (χ1) is 62.6. The topological polar surface area (TPSA) is 565 Å². The summed E-state index contributed by atoms with van der Waals surface area (Å²) in [5.41, 5.74) is 0. The third-order valence-electron chi connectivity index (χ3n) is 14.2. The van der Waals surface area contributed by atoms with Gasteiger partial charge in [-0.15, -0.1) is 26.3 Å². The molecule has 0 aromatic rings. The van der Waals surface area contributed by atoms with Crippen LogP contribution in [0.5, 0.6) is 0 Å². The van der Waals surface area contributed by atoms with Gasteiger partial charge in [0.25, 0.3) is 111 Å². The number of nitriles is 1. The highest BCUT2D eigenvalue weighted by molar-refractivity contribution is 7.92. The smallest absolute Gasteiger partial charge is 0.377 e. The summed E-state index contributed by atoms with van der Waals surface area (Å²) in [7, 11) is -42.3. The van der Waals surface area contributed by atoms with Crippen LogP contribution in [0.4, 0.5) is 96.6 Å². The van der Waals surface area contributed by atoms with Gasteiger partial charge in [-0.25, -0.2) is 23.7 Å². The maximum absolute atomic E-state index is 13.0. The lowest BCUT2D eigenvalue weighted by Gasteiger charge is -2.33. The van der Waals surface area contributed by atoms with Crippen LogP contribution in [-0.4, -0.2) is 253 Å². The minimum absolute atomic E-state index is 0.0391. The van der Waals surface area contributed by atoms with Crippen molar-refractivity contribution in [2.75, 3.05) is 99.1 Å². The van der Waals surface area contributed by atoms with Gasteiger partial charge in [0, 0.05) is 0 Å². The van der Waals surface area contributed by atoms with Crippen molar-refractivity contribution in [1.82, 2.24) is 0 Å². The molecule has 2 bridgehead atoms. The fourth-order valence-electron chi connectivity index (χ4n) is 8.57. The number of fused-ring (bicyclic) bond motifs is 5. The number of hydrogen-bond acceptors (Lipinski definition) is 41. The molecule has 0 spiro atoms. The summed E-state index contributed by atoms with van der Waals surface area (Å²) < 4.78 is 572. The van der Waals surface area contributed by atoms with Crippen molar-refractivity contribution >= 4 is 111 Å². The number of halogens is 22. The molecule has 3 aliphatic rings. The SMILES string of the molecule is C1CC2C3CCC(C3)C2C1.C=CS(=O)(=O)OCC.C=CS(=O)(=O)OCC.C=CS(=O)(=O)OCC(F)(F)OC(F)(F)C(F)(F)OC(F)(F)C(F)(F)OC(F)(F)F.C=CS(=O)(=O)OCC(F)(F)OC(F)(F)C(F)(F)OC(F)(F)F.C=CS(=O)(=O)OCCC#N.C=CS(=O)(=O)OCCCCCCOS(=O)(=O)C=C.C=CS(=O)(=O)OCCOCCOCCOS(=O)(=O)C=C.C=CS(=O)(=O)OCCOS(=O)(=O)C=C. The maximum atomic E-state index is 13.0. The van der Waals surface area contributed by atoms with Crippen molar-refractivity contribution in [3.63, 3.8) is 0 Å². The molecular formula is C65H95F22NO40S11. The second-order valence-electron chi connectivity index (χ2n) is 24.3. The standard InChI is InChI=1S/C10H18O8S2.C10H18O6S2.C10H16.C9H5F13O6S.C7H5F9O5S.C6H10O6S2.C5H7NO3S.2C4H8O3S/c1-3-19(11,12)17-9-7-15-5-6-16-8-10-18-20(13,14)4-2;1-3-17(11,12)15-9-7-5-6-8-10-16-18(13,14)4-2;1-2-9-7-4-5-8(6-7)10(9)3-1;1-2-29(23,24)25-3-4(10,11)26-5(12,13)6(14,15)27-7(16,17)8(18,19)28-9(20,21)22;1-2-22(17,18)19-3-4(8,9)20-5(10,11)6(12,13)21-7(14,15)16;1-3-13(7,8)11-5-6-12-14(9,10)4-2;1-2-10(7,8)9-5-3-4-6;2*1-3-7-8(5,6)4-2/h3-4H,1-2,5-10H2;3-4H,1-2,5-10H2;7-10H,1-6H2;2H,1,3H2;2H,1,3H2;3-4H,1-2,5-6H2;2H,1,3,5H2;2*4H,2-3H2,1H3. The monoisotopic (exact) mass is 2300 g/mol. The Hall–Kier alpha value is -6.18. The number of ether oxygens (including phenoxy) is 7. The molecule has 74 heteroatoms. The molecule has 0 aromatic heterocycles. The predicted molar refractivity (Wildman–Crippen MR) is 436 cm³/mol. The third kappa shape index (κ3) is 71.9. The van der Waals surface area contributed by atoms with Gasteiger partial charge >= 0.3 is 61.6 Å². The summed E-state index contributed by atoms with van der Waals surface area (Å²) in [5.74, 6) is 4.80. The molecular weight excluding hydrogens is 2210 g/mol. The number of rotatable bonds is 60. The van der Waals surface area contributed by atoms with Crippen LogP contribution in [0.3, 0.4) is 0 Å².